The van der Waals surface area contributed by atoms with Gasteiger partial charge in [-0.1, -0.05) is 37.6 Å². The molecule has 1 unspecified atom stereocenters. The van der Waals surface area contributed by atoms with Crippen LogP contribution in [-0.4, -0.2) is 23.9 Å². The highest BCUT2D eigenvalue weighted by Gasteiger charge is 2.41. The summed E-state index contributed by atoms with van der Waals surface area (Å²) < 4.78 is 0. The fraction of sp³-hybridized carbons (Fsp3) is 0.588. The number of nitrogens with zero attached hydrogens (tertiary/aromatic N) is 2. The molecule has 2 aliphatic rings. The SMILES string of the molecule is CCCc1ccc(C2(C)CN=C(N)N2CC2CC2)cc1. The van der Waals surface area contributed by atoms with Gasteiger partial charge in [0.05, 0.1) is 12.1 Å². The zero-order valence-corrected chi connectivity index (χ0v) is 12.6. The monoisotopic (exact) mass is 271 g/mol. The predicted octanol–water partition coefficient (Wildman–Crippen LogP) is 2.89. The van der Waals surface area contributed by atoms with Gasteiger partial charge in [-0.25, -0.2) is 0 Å². The number of hydrogen-bond acceptors (Lipinski definition) is 3. The molecule has 1 aromatic rings. The van der Waals surface area contributed by atoms with Crippen molar-refractivity contribution in [3.8, 4) is 0 Å². The minimum absolute atomic E-state index is 0.0581. The van der Waals surface area contributed by atoms with E-state index in [2.05, 4.69) is 48.0 Å². The molecule has 1 aliphatic heterocycles. The Morgan fingerprint density at radius 3 is 2.60 bits per heavy atom. The second-order valence-corrected chi connectivity index (χ2v) is 6.45. The summed E-state index contributed by atoms with van der Waals surface area (Å²) in [6, 6.07) is 9.04. The van der Waals surface area contributed by atoms with E-state index in [1.54, 1.807) is 0 Å². The van der Waals surface area contributed by atoms with Crippen molar-refractivity contribution in [1.82, 2.24) is 4.90 Å². The third-order valence-electron chi connectivity index (χ3n) is 4.67. The van der Waals surface area contributed by atoms with Crippen molar-refractivity contribution in [2.45, 2.75) is 45.1 Å². The summed E-state index contributed by atoms with van der Waals surface area (Å²) in [6.45, 7) is 6.33. The number of benzene rings is 1. The average Bonchev–Trinajstić information content (AvgIpc) is 3.22. The Kier molecular flexibility index (Phi) is 3.45. The third kappa shape index (κ3) is 2.41. The molecule has 108 valence electrons. The molecule has 1 aliphatic carbocycles. The highest BCUT2D eigenvalue weighted by molar-refractivity contribution is 5.81. The van der Waals surface area contributed by atoms with Crippen LogP contribution in [0.4, 0.5) is 0 Å². The first-order chi connectivity index (χ1) is 9.63. The van der Waals surface area contributed by atoms with E-state index in [1.807, 2.05) is 0 Å². The summed E-state index contributed by atoms with van der Waals surface area (Å²) in [5.41, 5.74) is 8.82. The molecule has 0 bridgehead atoms. The van der Waals surface area contributed by atoms with Gasteiger partial charge in [-0.15, -0.1) is 0 Å². The van der Waals surface area contributed by atoms with E-state index >= 15 is 0 Å². The smallest absolute Gasteiger partial charge is 0.192 e. The maximum Gasteiger partial charge on any atom is 0.192 e. The van der Waals surface area contributed by atoms with E-state index in [9.17, 15) is 0 Å². The van der Waals surface area contributed by atoms with E-state index in [1.165, 1.54) is 30.4 Å². The van der Waals surface area contributed by atoms with E-state index in [-0.39, 0.29) is 5.54 Å². The average molecular weight is 271 g/mol. The topological polar surface area (TPSA) is 41.6 Å². The van der Waals surface area contributed by atoms with Gasteiger partial charge in [0, 0.05) is 6.54 Å². The molecule has 0 aromatic heterocycles. The molecule has 0 radical (unpaired) electrons. The molecule has 0 saturated heterocycles. The first kappa shape index (κ1) is 13.5. The van der Waals surface area contributed by atoms with Crippen molar-refractivity contribution in [2.24, 2.45) is 16.6 Å². The Morgan fingerprint density at radius 1 is 1.30 bits per heavy atom. The van der Waals surface area contributed by atoms with Crippen molar-refractivity contribution in [3.63, 3.8) is 0 Å². The number of aryl methyl sites for hydroxylation is 1. The molecular formula is C17H25N3. The van der Waals surface area contributed by atoms with Gasteiger partial charge >= 0.3 is 0 Å². The fourth-order valence-corrected chi connectivity index (χ4v) is 3.08. The molecule has 3 nitrogen and oxygen atoms in total. The van der Waals surface area contributed by atoms with E-state index in [0.29, 0.717) is 0 Å². The Bertz CT molecular complexity index is 501. The molecule has 1 saturated carbocycles. The summed E-state index contributed by atoms with van der Waals surface area (Å²) >= 11 is 0. The minimum Gasteiger partial charge on any atom is -0.370 e. The number of hydrogen-bond donors (Lipinski definition) is 1. The maximum absolute atomic E-state index is 6.12. The predicted molar refractivity (Wildman–Crippen MR) is 83.7 cm³/mol. The van der Waals surface area contributed by atoms with Gasteiger partial charge in [-0.3, -0.25) is 4.99 Å². The number of nitrogens with two attached hydrogens (primary N) is 1. The van der Waals surface area contributed by atoms with Gasteiger partial charge in [0.1, 0.15) is 0 Å². The summed E-state index contributed by atoms with van der Waals surface area (Å²) in [5, 5.41) is 0. The molecule has 3 rings (SSSR count). The molecule has 1 heterocycles. The van der Waals surface area contributed by atoms with Gasteiger partial charge < -0.3 is 10.6 Å². The lowest BCUT2D eigenvalue weighted by Crippen LogP contribution is -2.48. The standard InChI is InChI=1S/C17H25N3/c1-3-4-13-7-9-15(10-8-13)17(2)12-19-16(18)20(17)11-14-5-6-14/h7-10,14H,3-6,11-12H2,1-2H3,(H2,18,19). The zero-order valence-electron chi connectivity index (χ0n) is 12.6. The normalized spacial score (nSPS) is 25.9. The van der Waals surface area contributed by atoms with Crippen molar-refractivity contribution in [1.29, 1.82) is 0 Å². The Morgan fingerprint density at radius 2 is 2.00 bits per heavy atom. The number of rotatable bonds is 5. The summed E-state index contributed by atoms with van der Waals surface area (Å²) in [5.74, 6) is 1.54. The molecule has 3 heteroatoms. The Labute approximate surface area is 121 Å². The van der Waals surface area contributed by atoms with Crippen LogP contribution in [0.15, 0.2) is 29.3 Å². The van der Waals surface area contributed by atoms with E-state index < -0.39 is 0 Å². The van der Waals surface area contributed by atoms with E-state index in [4.69, 9.17) is 5.73 Å². The molecule has 1 fully saturated rings. The lowest BCUT2D eigenvalue weighted by Gasteiger charge is -2.37. The van der Waals surface area contributed by atoms with Crippen LogP contribution in [0.3, 0.4) is 0 Å². The molecule has 1 atom stereocenters. The molecule has 1 aromatic carbocycles. The second-order valence-electron chi connectivity index (χ2n) is 6.45. The van der Waals surface area contributed by atoms with Gasteiger partial charge in [0.25, 0.3) is 0 Å². The maximum atomic E-state index is 6.12. The van der Waals surface area contributed by atoms with Crippen LogP contribution in [-0.2, 0) is 12.0 Å². The quantitative estimate of drug-likeness (QED) is 0.894. The second kappa shape index (κ2) is 5.12. The van der Waals surface area contributed by atoms with Gasteiger partial charge in [0.15, 0.2) is 5.96 Å². The highest BCUT2D eigenvalue weighted by atomic mass is 15.4. The van der Waals surface area contributed by atoms with Crippen molar-refractivity contribution >= 4 is 5.96 Å². The first-order valence-electron chi connectivity index (χ1n) is 7.80. The lowest BCUT2D eigenvalue weighted by molar-refractivity contribution is 0.217. The summed E-state index contributed by atoms with van der Waals surface area (Å²) in [7, 11) is 0. The fourth-order valence-electron chi connectivity index (χ4n) is 3.08. The van der Waals surface area contributed by atoms with E-state index in [0.717, 1.165) is 31.4 Å². The molecule has 0 amide bonds. The van der Waals surface area contributed by atoms with Crippen LogP contribution in [0.1, 0.15) is 44.2 Å². The lowest BCUT2D eigenvalue weighted by atomic mass is 9.89. The van der Waals surface area contributed by atoms with Gasteiger partial charge in [-0.05, 0) is 43.2 Å². The highest BCUT2D eigenvalue weighted by Crippen LogP contribution is 2.38. The van der Waals surface area contributed by atoms with Crippen LogP contribution in [0.5, 0.6) is 0 Å². The van der Waals surface area contributed by atoms with Crippen LogP contribution in [0.25, 0.3) is 0 Å². The minimum atomic E-state index is -0.0581. The largest absolute Gasteiger partial charge is 0.370 e. The third-order valence-corrected chi connectivity index (χ3v) is 4.67. The van der Waals surface area contributed by atoms with Crippen molar-refractivity contribution < 1.29 is 0 Å². The first-order valence-corrected chi connectivity index (χ1v) is 7.80. The molecule has 0 spiro atoms. The Balaban J connectivity index is 1.82. The van der Waals surface area contributed by atoms with Gasteiger partial charge in [0.2, 0.25) is 0 Å². The summed E-state index contributed by atoms with van der Waals surface area (Å²) in [4.78, 5) is 6.83. The van der Waals surface area contributed by atoms with Crippen LogP contribution in [0.2, 0.25) is 0 Å². The van der Waals surface area contributed by atoms with Crippen molar-refractivity contribution in [2.75, 3.05) is 13.1 Å². The van der Waals surface area contributed by atoms with Crippen molar-refractivity contribution in [3.05, 3.63) is 35.4 Å². The zero-order chi connectivity index (χ0) is 14.2. The Hall–Kier alpha value is -1.51. The molecule has 2 N–H and O–H groups in total. The molecular weight excluding hydrogens is 246 g/mol. The van der Waals surface area contributed by atoms with Crippen LogP contribution >= 0.6 is 0 Å². The number of aliphatic imine (C=N–C) groups is 1. The summed E-state index contributed by atoms with van der Waals surface area (Å²) in [6.07, 6.45) is 5.03. The molecule has 20 heavy (non-hydrogen) atoms. The van der Waals surface area contributed by atoms with Gasteiger partial charge in [-0.2, -0.15) is 0 Å². The van der Waals surface area contributed by atoms with Crippen LogP contribution in [0, 0.1) is 5.92 Å². The van der Waals surface area contributed by atoms with Crippen LogP contribution < -0.4 is 5.73 Å². The number of guanidine groups is 1.